The molecular formula is C21H25ClFN3O3S2. The Morgan fingerprint density at radius 2 is 1.71 bits per heavy atom. The number of anilines is 1. The van der Waals surface area contributed by atoms with Crippen molar-refractivity contribution >= 4 is 54.8 Å². The van der Waals surface area contributed by atoms with Gasteiger partial charge in [0.2, 0.25) is 0 Å². The molecule has 1 aromatic heterocycles. The summed E-state index contributed by atoms with van der Waals surface area (Å²) in [7, 11) is -3.35. The number of hydrogen-bond acceptors (Lipinski definition) is 6. The lowest BCUT2D eigenvalue weighted by Crippen LogP contribution is -2.38. The molecule has 1 amide bonds. The largest absolute Gasteiger partial charge is 0.302 e. The maximum atomic E-state index is 14.1. The molecule has 10 heteroatoms. The summed E-state index contributed by atoms with van der Waals surface area (Å²) >= 11 is 1.26. The Morgan fingerprint density at radius 3 is 2.26 bits per heavy atom. The molecule has 0 aliphatic carbocycles. The molecule has 3 rings (SSSR count). The third kappa shape index (κ3) is 5.79. The second-order valence-corrected chi connectivity index (χ2v) is 9.89. The van der Waals surface area contributed by atoms with Gasteiger partial charge in [0, 0.05) is 24.9 Å². The van der Waals surface area contributed by atoms with Gasteiger partial charge in [0.1, 0.15) is 11.3 Å². The molecule has 1 heterocycles. The fourth-order valence-electron chi connectivity index (χ4n) is 3.08. The lowest BCUT2D eigenvalue weighted by Gasteiger charge is -2.24. The highest BCUT2D eigenvalue weighted by Gasteiger charge is 2.23. The molecule has 168 valence electrons. The van der Waals surface area contributed by atoms with Crippen molar-refractivity contribution < 1.29 is 17.6 Å². The van der Waals surface area contributed by atoms with Crippen molar-refractivity contribution in [3.05, 3.63) is 53.8 Å². The summed E-state index contributed by atoms with van der Waals surface area (Å²) in [6.45, 7) is 6.81. The van der Waals surface area contributed by atoms with Crippen molar-refractivity contribution in [2.45, 2.75) is 18.7 Å². The van der Waals surface area contributed by atoms with Gasteiger partial charge >= 0.3 is 0 Å². The number of amides is 1. The number of fused-ring (bicyclic) bond motifs is 1. The molecule has 0 atom stereocenters. The molecule has 0 N–H and O–H groups in total. The van der Waals surface area contributed by atoms with Crippen molar-refractivity contribution in [3.8, 4) is 0 Å². The Morgan fingerprint density at radius 1 is 1.06 bits per heavy atom. The number of rotatable bonds is 8. The Balaban J connectivity index is 0.00000341. The van der Waals surface area contributed by atoms with Gasteiger partial charge in [-0.1, -0.05) is 31.3 Å². The highest BCUT2D eigenvalue weighted by atomic mass is 35.5. The van der Waals surface area contributed by atoms with E-state index in [4.69, 9.17) is 0 Å². The van der Waals surface area contributed by atoms with Gasteiger partial charge in [-0.2, -0.15) is 0 Å². The number of sulfone groups is 1. The number of hydrogen-bond donors (Lipinski definition) is 0. The fraction of sp³-hybridized carbons (Fsp3) is 0.333. The predicted molar refractivity (Wildman–Crippen MR) is 126 cm³/mol. The monoisotopic (exact) mass is 485 g/mol. The number of carbonyl (C=O) groups excluding carboxylic acids is 1. The minimum absolute atomic E-state index is 0. The second-order valence-electron chi connectivity index (χ2n) is 6.86. The second kappa shape index (κ2) is 10.5. The maximum Gasteiger partial charge on any atom is 0.260 e. The van der Waals surface area contributed by atoms with Crippen LogP contribution in [0.25, 0.3) is 10.2 Å². The Hall–Kier alpha value is -2.07. The topological polar surface area (TPSA) is 70.6 Å². The summed E-state index contributed by atoms with van der Waals surface area (Å²) in [6.07, 6.45) is 1.12. The third-order valence-corrected chi connectivity index (χ3v) is 7.07. The van der Waals surface area contributed by atoms with E-state index in [1.165, 1.54) is 46.6 Å². The van der Waals surface area contributed by atoms with E-state index in [1.807, 2.05) is 13.8 Å². The van der Waals surface area contributed by atoms with E-state index in [9.17, 15) is 17.6 Å². The third-order valence-electron chi connectivity index (χ3n) is 4.90. The van der Waals surface area contributed by atoms with E-state index in [2.05, 4.69) is 9.88 Å². The molecule has 2 aromatic carbocycles. The summed E-state index contributed by atoms with van der Waals surface area (Å²) in [5, 5.41) is 0.416. The molecule has 0 unspecified atom stereocenters. The average Bonchev–Trinajstić information content (AvgIpc) is 3.16. The van der Waals surface area contributed by atoms with Crippen LogP contribution in [-0.4, -0.2) is 56.6 Å². The molecule has 0 spiro atoms. The van der Waals surface area contributed by atoms with Crippen molar-refractivity contribution in [3.63, 3.8) is 0 Å². The number of carbonyl (C=O) groups is 1. The van der Waals surface area contributed by atoms with E-state index >= 15 is 0 Å². The molecular weight excluding hydrogens is 461 g/mol. The normalized spacial score (nSPS) is 11.5. The van der Waals surface area contributed by atoms with Crippen LogP contribution in [0.2, 0.25) is 0 Å². The molecule has 6 nitrogen and oxygen atoms in total. The number of thiazole rings is 1. The van der Waals surface area contributed by atoms with Crippen LogP contribution in [0.4, 0.5) is 9.52 Å². The molecule has 0 bridgehead atoms. The van der Waals surface area contributed by atoms with Crippen LogP contribution in [0, 0.1) is 5.82 Å². The van der Waals surface area contributed by atoms with Crippen LogP contribution in [0.15, 0.2) is 47.4 Å². The zero-order valence-electron chi connectivity index (χ0n) is 17.5. The first-order valence-corrected chi connectivity index (χ1v) is 12.3. The average molecular weight is 486 g/mol. The van der Waals surface area contributed by atoms with Crippen LogP contribution < -0.4 is 4.90 Å². The maximum absolute atomic E-state index is 14.1. The molecule has 0 fully saturated rings. The molecule has 0 saturated carbocycles. The zero-order valence-corrected chi connectivity index (χ0v) is 20.0. The first-order chi connectivity index (χ1) is 14.2. The molecule has 3 aromatic rings. The summed E-state index contributed by atoms with van der Waals surface area (Å²) in [6, 6.07) is 10.6. The van der Waals surface area contributed by atoms with Gasteiger partial charge < -0.3 is 4.90 Å². The van der Waals surface area contributed by atoms with Crippen LogP contribution in [-0.2, 0) is 9.84 Å². The van der Waals surface area contributed by atoms with Crippen LogP contribution in [0.1, 0.15) is 24.2 Å². The Kier molecular flexibility index (Phi) is 8.53. The van der Waals surface area contributed by atoms with E-state index in [-0.39, 0.29) is 28.7 Å². The van der Waals surface area contributed by atoms with Gasteiger partial charge in [-0.15, -0.1) is 12.4 Å². The van der Waals surface area contributed by atoms with Gasteiger partial charge in [-0.05, 0) is 49.5 Å². The van der Waals surface area contributed by atoms with Crippen molar-refractivity contribution in [2.24, 2.45) is 0 Å². The van der Waals surface area contributed by atoms with Gasteiger partial charge in [-0.25, -0.2) is 17.8 Å². The van der Waals surface area contributed by atoms with Gasteiger partial charge in [-0.3, -0.25) is 9.69 Å². The van der Waals surface area contributed by atoms with E-state index in [0.29, 0.717) is 28.5 Å². The van der Waals surface area contributed by atoms with Crippen LogP contribution in [0.3, 0.4) is 0 Å². The molecule has 0 saturated heterocycles. The van der Waals surface area contributed by atoms with E-state index in [0.717, 1.165) is 19.3 Å². The summed E-state index contributed by atoms with van der Waals surface area (Å²) < 4.78 is 38.2. The molecule has 0 aliphatic heterocycles. The summed E-state index contributed by atoms with van der Waals surface area (Å²) in [5.74, 6) is -0.731. The molecule has 31 heavy (non-hydrogen) atoms. The van der Waals surface area contributed by atoms with Crippen molar-refractivity contribution in [1.29, 1.82) is 0 Å². The zero-order chi connectivity index (χ0) is 21.9. The fourth-order valence-corrected chi connectivity index (χ4v) is 4.72. The minimum atomic E-state index is -3.35. The predicted octanol–water partition coefficient (Wildman–Crippen LogP) is 4.25. The number of likely N-dealkylation sites (N-methyl/N-ethyl adjacent to an activating group) is 1. The number of benzene rings is 2. The number of aromatic nitrogens is 1. The molecule has 0 aliphatic rings. The van der Waals surface area contributed by atoms with Crippen molar-refractivity contribution in [1.82, 2.24) is 9.88 Å². The Bertz CT molecular complexity index is 1150. The molecule has 0 radical (unpaired) electrons. The highest BCUT2D eigenvalue weighted by Crippen LogP contribution is 2.31. The standard InChI is InChI=1S/C21H24FN3O3S2.ClH/c1-4-24(5-2)13-14-25(21-23-19-17(22)7-6-8-18(19)29-21)20(26)15-9-11-16(12-10-15)30(3,27)28;/h6-12H,4-5,13-14H2,1-3H3;1H. The van der Waals surface area contributed by atoms with Crippen LogP contribution in [0.5, 0.6) is 0 Å². The number of para-hydroxylation sites is 1. The number of nitrogens with zero attached hydrogens (tertiary/aromatic N) is 3. The van der Waals surface area contributed by atoms with Gasteiger partial charge in [0.25, 0.3) is 5.91 Å². The first kappa shape index (κ1) is 25.2. The number of halogens is 2. The quantitative estimate of drug-likeness (QED) is 0.477. The lowest BCUT2D eigenvalue weighted by atomic mass is 10.2. The summed E-state index contributed by atoms with van der Waals surface area (Å²) in [5.41, 5.74) is 0.590. The summed E-state index contributed by atoms with van der Waals surface area (Å²) in [4.78, 5) is 21.5. The Labute approximate surface area is 192 Å². The lowest BCUT2D eigenvalue weighted by molar-refractivity contribution is 0.0983. The smallest absolute Gasteiger partial charge is 0.260 e. The van der Waals surface area contributed by atoms with Gasteiger partial charge in [0.05, 0.1) is 9.60 Å². The van der Waals surface area contributed by atoms with E-state index < -0.39 is 15.7 Å². The van der Waals surface area contributed by atoms with E-state index in [1.54, 1.807) is 12.1 Å². The first-order valence-electron chi connectivity index (χ1n) is 9.64. The highest BCUT2D eigenvalue weighted by molar-refractivity contribution is 7.90. The van der Waals surface area contributed by atoms with Gasteiger partial charge in [0.15, 0.2) is 15.0 Å². The van der Waals surface area contributed by atoms with Crippen molar-refractivity contribution in [2.75, 3.05) is 37.3 Å². The van der Waals surface area contributed by atoms with Crippen LogP contribution >= 0.6 is 23.7 Å². The SMILES string of the molecule is CCN(CC)CCN(C(=O)c1ccc(S(C)(=O)=O)cc1)c1nc2c(F)cccc2s1.Cl. The minimum Gasteiger partial charge on any atom is -0.302 e.